The lowest BCUT2D eigenvalue weighted by molar-refractivity contribution is -0.384. The Labute approximate surface area is 327 Å². The molecule has 6 aromatic rings. The Morgan fingerprint density at radius 3 is 2.12 bits per heavy atom. The number of benzene rings is 4. The third kappa shape index (κ3) is 11.8. The van der Waals surface area contributed by atoms with Gasteiger partial charge >= 0.3 is 0 Å². The maximum Gasteiger partial charge on any atom is 0.292 e. The van der Waals surface area contributed by atoms with Crippen LogP contribution in [0.3, 0.4) is 0 Å². The number of nitro benzene ring substituents is 1. The summed E-state index contributed by atoms with van der Waals surface area (Å²) in [6, 6.07) is 30.7. The number of carbonyl (C=O) groups excluding carboxylic acids is 2. The molecule has 15 nitrogen and oxygen atoms in total. The second-order valence-corrected chi connectivity index (χ2v) is 13.0. The van der Waals surface area contributed by atoms with Gasteiger partial charge in [0.25, 0.3) is 17.5 Å². The van der Waals surface area contributed by atoms with Crippen molar-refractivity contribution in [3.05, 3.63) is 153 Å². The van der Waals surface area contributed by atoms with E-state index in [0.717, 1.165) is 11.4 Å². The number of aromatic nitrogens is 3. The smallest absolute Gasteiger partial charge is 0.292 e. The first kappa shape index (κ1) is 40.4. The molecular weight excluding hydrogens is 737 g/mol. The van der Waals surface area contributed by atoms with Crippen LogP contribution < -0.4 is 30.3 Å². The monoisotopic (exact) mass is 778 g/mol. The Balaban J connectivity index is 0.000000215. The Morgan fingerprint density at radius 2 is 1.48 bits per heavy atom. The van der Waals surface area contributed by atoms with Gasteiger partial charge in [0.15, 0.2) is 6.61 Å². The number of nitro groups is 1. The zero-order chi connectivity index (χ0) is 39.7. The van der Waals surface area contributed by atoms with Crippen LogP contribution in [0.15, 0.2) is 119 Å². The summed E-state index contributed by atoms with van der Waals surface area (Å²) in [5.74, 6) is 1.30. The van der Waals surface area contributed by atoms with Crippen LogP contribution in [0.1, 0.15) is 45.0 Å². The Morgan fingerprint density at radius 1 is 0.857 bits per heavy atom. The molecule has 0 aliphatic carbocycles. The molecule has 6 rings (SSSR count). The maximum absolute atomic E-state index is 12.7. The number of nitrogens with one attached hydrogen (secondary N) is 3. The van der Waals surface area contributed by atoms with Crippen LogP contribution in [-0.2, 0) is 13.2 Å². The Hall–Kier alpha value is -6.81. The van der Waals surface area contributed by atoms with Gasteiger partial charge in [0.1, 0.15) is 23.8 Å². The van der Waals surface area contributed by atoms with Crippen molar-refractivity contribution in [2.75, 3.05) is 36.9 Å². The summed E-state index contributed by atoms with van der Waals surface area (Å²) in [5, 5.41) is 25.4. The highest BCUT2D eigenvalue weighted by Crippen LogP contribution is 2.23. The van der Waals surface area contributed by atoms with Gasteiger partial charge in [0.05, 0.1) is 27.3 Å². The molecule has 0 fully saturated rings. The van der Waals surface area contributed by atoms with E-state index >= 15 is 0 Å². The second kappa shape index (κ2) is 20.6. The van der Waals surface area contributed by atoms with E-state index in [1.807, 2.05) is 42.8 Å². The normalized spacial score (nSPS) is 11.0. The summed E-state index contributed by atoms with van der Waals surface area (Å²) in [6.07, 6.45) is 0. The van der Waals surface area contributed by atoms with Gasteiger partial charge in [-0.1, -0.05) is 59.8 Å². The molecule has 0 spiro atoms. The van der Waals surface area contributed by atoms with E-state index in [0.29, 0.717) is 59.7 Å². The molecule has 0 saturated carbocycles. The fraction of sp³-hybridized carbons (Fsp3) is 0.225. The zero-order valence-corrected chi connectivity index (χ0v) is 31.9. The minimum Gasteiger partial charge on any atom is -0.486 e. The van der Waals surface area contributed by atoms with E-state index < -0.39 is 4.92 Å². The average Bonchev–Trinajstić information content (AvgIpc) is 3.92. The quantitative estimate of drug-likeness (QED) is 0.0507. The molecule has 2 aromatic heterocycles. The fourth-order valence-electron chi connectivity index (χ4n) is 5.20. The molecule has 0 aliphatic rings. The van der Waals surface area contributed by atoms with E-state index in [4.69, 9.17) is 14.0 Å². The lowest BCUT2D eigenvalue weighted by Crippen LogP contribution is -2.40. The lowest BCUT2D eigenvalue weighted by Gasteiger charge is -2.27. The molecule has 4 aromatic carbocycles. The average molecular weight is 779 g/mol. The van der Waals surface area contributed by atoms with Crippen molar-refractivity contribution in [1.82, 2.24) is 25.8 Å². The first-order valence-electron chi connectivity index (χ1n) is 17.6. The first-order chi connectivity index (χ1) is 27.2. The van der Waals surface area contributed by atoms with Crippen LogP contribution in [0.25, 0.3) is 0 Å². The Kier molecular flexibility index (Phi) is 14.8. The molecule has 290 valence electrons. The number of ether oxygens (including phenoxy) is 2. The molecule has 0 radical (unpaired) electrons. The van der Waals surface area contributed by atoms with Gasteiger partial charge in [-0.2, -0.15) is 4.98 Å². The molecule has 0 saturated heterocycles. The van der Waals surface area contributed by atoms with Gasteiger partial charge in [-0.15, -0.1) is 11.3 Å². The van der Waals surface area contributed by atoms with Crippen molar-refractivity contribution >= 4 is 40.2 Å². The molecule has 2 amide bonds. The van der Waals surface area contributed by atoms with Crippen molar-refractivity contribution < 1.29 is 28.5 Å². The van der Waals surface area contributed by atoms with E-state index in [-0.39, 0.29) is 36.7 Å². The highest BCUT2D eigenvalue weighted by atomic mass is 32.1. The molecule has 1 atom stereocenters. The van der Waals surface area contributed by atoms with Crippen LogP contribution in [-0.4, -0.2) is 64.6 Å². The minimum absolute atomic E-state index is 0.0192. The van der Waals surface area contributed by atoms with E-state index in [9.17, 15) is 19.7 Å². The van der Waals surface area contributed by atoms with Crippen LogP contribution >= 0.6 is 11.3 Å². The van der Waals surface area contributed by atoms with Crippen molar-refractivity contribution in [3.63, 3.8) is 0 Å². The number of aryl methyl sites for hydroxylation is 1. The molecule has 3 N–H and O–H groups in total. The predicted octanol–water partition coefficient (Wildman–Crippen LogP) is 6.68. The van der Waals surface area contributed by atoms with Gasteiger partial charge in [-0.25, -0.2) is 4.98 Å². The van der Waals surface area contributed by atoms with Crippen molar-refractivity contribution in [2.24, 2.45) is 0 Å². The highest BCUT2D eigenvalue weighted by Gasteiger charge is 2.17. The number of thiazole rings is 1. The topological polar surface area (TPSA) is 187 Å². The number of likely N-dealkylation sites (N-methyl/N-ethyl adjacent to an activating group) is 1. The van der Waals surface area contributed by atoms with E-state index in [2.05, 4.69) is 55.0 Å². The number of anilines is 2. The summed E-state index contributed by atoms with van der Waals surface area (Å²) in [6.45, 7) is 5.30. The third-order valence-electron chi connectivity index (χ3n) is 8.26. The van der Waals surface area contributed by atoms with Gasteiger partial charge < -0.3 is 34.8 Å². The van der Waals surface area contributed by atoms with E-state index in [1.54, 1.807) is 67.0 Å². The SMILES string of the molecule is CC(CNC(=O)c1ccccc1OCc1cscn1)N(C)c1ccccc1.Cc1nc(COc2ccccc2C(=O)NCCNc2ccccc2[N+](=O)[O-])no1. The second-order valence-electron chi connectivity index (χ2n) is 12.2. The van der Waals surface area contributed by atoms with E-state index in [1.165, 1.54) is 17.4 Å². The molecule has 56 heavy (non-hydrogen) atoms. The number of hydrogen-bond donors (Lipinski definition) is 3. The summed E-state index contributed by atoms with van der Waals surface area (Å²) in [7, 11) is 2.02. The minimum atomic E-state index is -0.459. The molecule has 0 aliphatic heterocycles. The number of amides is 2. The van der Waals surface area contributed by atoms with Crippen LogP contribution in [0.2, 0.25) is 0 Å². The van der Waals surface area contributed by atoms with Gasteiger partial charge in [0.2, 0.25) is 11.7 Å². The fourth-order valence-corrected chi connectivity index (χ4v) is 5.75. The van der Waals surface area contributed by atoms with Gasteiger partial charge in [0, 0.05) is 56.8 Å². The number of rotatable bonds is 17. The number of nitrogens with zero attached hydrogens (tertiary/aromatic N) is 5. The summed E-state index contributed by atoms with van der Waals surface area (Å²) < 4.78 is 16.3. The van der Waals surface area contributed by atoms with Gasteiger partial charge in [-0.05, 0) is 49.4 Å². The standard InChI is InChI=1S/C21H23N3O2S.C19H19N5O5/c1-16(24(2)18-8-4-3-5-9-18)12-22-21(25)19-10-6-7-11-20(19)26-13-17-14-27-15-23-17;1-13-22-18(23-29-13)12-28-17-9-5-2-6-14(17)19(25)21-11-10-20-15-7-3-4-8-16(15)24(26)27/h3-11,14-16H,12-13H2,1-2H3,(H,22,25);2-9,20H,10-12H2,1H3,(H,21,25). The molecule has 2 heterocycles. The Bertz CT molecular complexity index is 2170. The summed E-state index contributed by atoms with van der Waals surface area (Å²) >= 11 is 1.52. The summed E-state index contributed by atoms with van der Waals surface area (Å²) in [4.78, 5) is 46.1. The number of hydrogen-bond acceptors (Lipinski definition) is 13. The van der Waals surface area contributed by atoms with Crippen molar-refractivity contribution in [1.29, 1.82) is 0 Å². The van der Waals surface area contributed by atoms with Crippen LogP contribution in [0.4, 0.5) is 17.1 Å². The third-order valence-corrected chi connectivity index (χ3v) is 8.89. The van der Waals surface area contributed by atoms with Gasteiger partial charge in [-0.3, -0.25) is 19.7 Å². The summed E-state index contributed by atoms with van der Waals surface area (Å²) in [5.41, 5.74) is 5.00. The lowest BCUT2D eigenvalue weighted by atomic mass is 10.1. The molecule has 1 unspecified atom stereocenters. The predicted molar refractivity (Wildman–Crippen MR) is 213 cm³/mol. The largest absolute Gasteiger partial charge is 0.486 e. The van der Waals surface area contributed by atoms with Crippen LogP contribution in [0.5, 0.6) is 11.5 Å². The maximum atomic E-state index is 12.7. The van der Waals surface area contributed by atoms with Crippen molar-refractivity contribution in [2.45, 2.75) is 33.1 Å². The molecule has 16 heteroatoms. The zero-order valence-electron chi connectivity index (χ0n) is 31.1. The highest BCUT2D eigenvalue weighted by molar-refractivity contribution is 7.07. The molecule has 0 bridgehead atoms. The number of carbonyl (C=O) groups is 2. The number of para-hydroxylation sites is 5. The van der Waals surface area contributed by atoms with Crippen LogP contribution in [0, 0.1) is 17.0 Å². The van der Waals surface area contributed by atoms with Crippen molar-refractivity contribution in [3.8, 4) is 11.5 Å². The first-order valence-corrected chi connectivity index (χ1v) is 18.5. The molecular formula is C40H42N8O7S.